The average molecular weight is 1310 g/mol. The minimum absolute atomic E-state index is 0.0849. The number of hydrogen-bond acceptors (Lipinski definition) is 18. The van der Waals surface area contributed by atoms with Crippen LogP contribution in [0.3, 0.4) is 0 Å². The highest BCUT2D eigenvalue weighted by Gasteiger charge is 2.33. The molecule has 27 heteroatoms. The molecule has 0 saturated carbocycles. The number of rotatable bonds is 54. The standard InChI is InChI=1S/C65H115N17O9S/c1-4-7-9-10-11-12-13-14-15-16-17-18-19-32-54(84)73-53(45-92-42-6-3)63(90)78-52(44-83)62(89)77-51(31-23-27-40-69)61(88)76-50(30-22-26-39-68)60(87)75-49(29-21-25-38-67)59(86)74-48(28-20-24-37-66)58(85)72-47-35-33-46(34-36-47)43-82-57-55(79-65(82)91)56(70)80-64(81-57)71-41-8-5-2/h33-36,48-53,83H,4-32,37-45,66-69H2,1-3H3,(H,72,85)(H,73,84)(H,74,86)(H,75,87)(H,76,88)(H,77,89)(H,78,90)(H,79,91)(H3,70,71,80,81)/t48-,49-,50-,51-,52-,53-/m0/s1. The third kappa shape index (κ3) is 31.5. The lowest BCUT2D eigenvalue weighted by molar-refractivity contribution is -0.136. The molecular weight excluding hydrogens is 1190 g/mol. The second kappa shape index (κ2) is 48.3. The molecular formula is C65H115N17O9S. The number of anilines is 3. The Hall–Kier alpha value is -6.39. The quantitative estimate of drug-likeness (QED) is 0.0333. The zero-order chi connectivity index (χ0) is 67.3. The zero-order valence-corrected chi connectivity index (χ0v) is 56.3. The van der Waals surface area contributed by atoms with Gasteiger partial charge in [0.2, 0.25) is 47.3 Å². The van der Waals surface area contributed by atoms with E-state index >= 15 is 0 Å². The molecule has 0 aliphatic heterocycles. The molecule has 2 aromatic heterocycles. The molecule has 0 saturated heterocycles. The smallest absolute Gasteiger partial charge is 0.328 e. The fourth-order valence-corrected chi connectivity index (χ4v) is 11.4. The molecule has 92 heavy (non-hydrogen) atoms. The van der Waals surface area contributed by atoms with Gasteiger partial charge in [0.05, 0.1) is 13.2 Å². The van der Waals surface area contributed by atoms with E-state index in [2.05, 4.69) is 71.3 Å². The van der Waals surface area contributed by atoms with Gasteiger partial charge in [-0.3, -0.25) is 38.1 Å². The predicted molar refractivity (Wildman–Crippen MR) is 368 cm³/mol. The maximum atomic E-state index is 14.5. The van der Waals surface area contributed by atoms with Crippen molar-refractivity contribution in [3.05, 3.63) is 40.3 Å². The molecule has 0 aliphatic rings. The van der Waals surface area contributed by atoms with Crippen molar-refractivity contribution in [2.75, 3.05) is 67.2 Å². The maximum absolute atomic E-state index is 14.5. The highest BCUT2D eigenvalue weighted by Crippen LogP contribution is 2.20. The van der Waals surface area contributed by atoms with Gasteiger partial charge in [-0.2, -0.15) is 21.7 Å². The van der Waals surface area contributed by atoms with E-state index in [9.17, 15) is 43.5 Å². The van der Waals surface area contributed by atoms with Crippen molar-refractivity contribution in [2.24, 2.45) is 22.9 Å². The summed E-state index contributed by atoms with van der Waals surface area (Å²) in [5.41, 5.74) is 30.9. The first-order chi connectivity index (χ1) is 44.6. The van der Waals surface area contributed by atoms with Gasteiger partial charge in [0.1, 0.15) is 41.8 Å². The molecule has 2 heterocycles. The summed E-state index contributed by atoms with van der Waals surface area (Å²) in [6.07, 6.45) is 22.5. The monoisotopic (exact) mass is 1310 g/mol. The van der Waals surface area contributed by atoms with E-state index in [1.165, 1.54) is 74.1 Å². The second-order valence-corrected chi connectivity index (χ2v) is 25.1. The first kappa shape index (κ1) is 79.8. The van der Waals surface area contributed by atoms with Gasteiger partial charge in [0.25, 0.3) is 0 Å². The van der Waals surface area contributed by atoms with E-state index in [-0.39, 0.29) is 56.1 Å². The normalized spacial score (nSPS) is 13.3. The number of H-pyrrole nitrogens is 1. The van der Waals surface area contributed by atoms with Crippen LogP contribution in [0.25, 0.3) is 11.2 Å². The highest BCUT2D eigenvalue weighted by atomic mass is 32.2. The van der Waals surface area contributed by atoms with Crippen LogP contribution in [0, 0.1) is 0 Å². The summed E-state index contributed by atoms with van der Waals surface area (Å²) in [6.45, 7) is 7.51. The number of hydrogen-bond donors (Lipinski definition) is 15. The number of imidazole rings is 1. The number of aromatic nitrogens is 4. The summed E-state index contributed by atoms with van der Waals surface area (Å²) < 4.78 is 1.45. The number of nitrogens with one attached hydrogen (secondary N) is 9. The first-order valence-corrected chi connectivity index (χ1v) is 35.4. The van der Waals surface area contributed by atoms with Crippen molar-refractivity contribution in [3.8, 4) is 0 Å². The molecule has 0 aliphatic carbocycles. The Morgan fingerprint density at radius 1 is 0.522 bits per heavy atom. The highest BCUT2D eigenvalue weighted by molar-refractivity contribution is 7.99. The topological polar surface area (TPSA) is 430 Å². The second-order valence-electron chi connectivity index (χ2n) is 23.9. The summed E-state index contributed by atoms with van der Waals surface area (Å²) in [5, 5.41) is 33.1. The molecule has 0 spiro atoms. The van der Waals surface area contributed by atoms with Gasteiger partial charge in [-0.25, -0.2) is 4.79 Å². The van der Waals surface area contributed by atoms with Gasteiger partial charge in [-0.05, 0) is 146 Å². The SMILES string of the molecule is CCCCCCCCCCCCCCCC(=O)N[C@@H](CSCCC)C(=O)N[C@@H](CO)C(=O)N[C@@H](CCCCN)C(=O)N[C@@H](CCCCN)C(=O)N[C@@H](CCCCN)C(=O)N[C@@H](CCCCN)C(=O)Nc1ccc(Cn2c(=O)[nH]c3c(N)nc(NCCCC)nc32)cc1. The van der Waals surface area contributed by atoms with Crippen LogP contribution < -0.4 is 76.9 Å². The van der Waals surface area contributed by atoms with Crippen LogP contribution in [0.4, 0.5) is 17.5 Å². The lowest BCUT2D eigenvalue weighted by Crippen LogP contribution is -2.60. The van der Waals surface area contributed by atoms with Crippen LogP contribution in [0.15, 0.2) is 29.1 Å². The number of nitrogens with zero attached hydrogens (tertiary/aromatic N) is 3. The maximum Gasteiger partial charge on any atom is 0.328 e. The number of carbonyl (C=O) groups is 7. The minimum atomic E-state index is -1.50. The van der Waals surface area contributed by atoms with Crippen LogP contribution in [0.5, 0.6) is 0 Å². The van der Waals surface area contributed by atoms with E-state index in [4.69, 9.17) is 28.7 Å². The number of fused-ring (bicyclic) bond motifs is 1. The molecule has 520 valence electrons. The Balaban J connectivity index is 1.73. The van der Waals surface area contributed by atoms with Crippen molar-refractivity contribution in [3.63, 3.8) is 0 Å². The molecule has 1 aromatic carbocycles. The Labute approximate surface area is 549 Å². The van der Waals surface area contributed by atoms with Crippen molar-refractivity contribution < 1.29 is 38.7 Å². The zero-order valence-electron chi connectivity index (χ0n) is 55.5. The van der Waals surface area contributed by atoms with E-state index in [1.54, 1.807) is 24.3 Å². The predicted octanol–water partition coefficient (Wildman–Crippen LogP) is 4.94. The van der Waals surface area contributed by atoms with Gasteiger partial charge in [-0.15, -0.1) is 0 Å². The van der Waals surface area contributed by atoms with Crippen LogP contribution in [0.1, 0.15) is 213 Å². The molecule has 0 radical (unpaired) electrons. The number of amides is 7. The van der Waals surface area contributed by atoms with Gasteiger partial charge in [0.15, 0.2) is 11.5 Å². The molecule has 0 unspecified atom stereocenters. The number of aromatic amines is 1. The number of carbonyl (C=O) groups excluding carboxylic acids is 7. The van der Waals surface area contributed by atoms with Gasteiger partial charge in [-0.1, -0.05) is 116 Å². The number of unbranched alkanes of at least 4 members (excludes halogenated alkanes) is 17. The Kier molecular flexibility index (Phi) is 42.0. The summed E-state index contributed by atoms with van der Waals surface area (Å²) in [5.74, 6) is -2.98. The van der Waals surface area contributed by atoms with E-state index in [1.807, 2.05) is 6.92 Å². The third-order valence-electron chi connectivity index (χ3n) is 16.0. The van der Waals surface area contributed by atoms with Crippen molar-refractivity contribution >= 4 is 81.7 Å². The first-order valence-electron chi connectivity index (χ1n) is 34.3. The summed E-state index contributed by atoms with van der Waals surface area (Å²) in [4.78, 5) is 123. The fraction of sp³-hybridized carbons (Fsp3) is 0.723. The van der Waals surface area contributed by atoms with Crippen molar-refractivity contribution in [1.82, 2.24) is 51.4 Å². The van der Waals surface area contributed by atoms with Crippen LogP contribution in [-0.2, 0) is 40.1 Å². The van der Waals surface area contributed by atoms with E-state index in [0.29, 0.717) is 119 Å². The van der Waals surface area contributed by atoms with Gasteiger partial charge in [0, 0.05) is 24.4 Å². The number of nitrogen functional groups attached to an aromatic ring is 1. The minimum Gasteiger partial charge on any atom is -0.394 e. The Morgan fingerprint density at radius 2 is 0.957 bits per heavy atom. The van der Waals surface area contributed by atoms with Crippen LogP contribution in [0.2, 0.25) is 0 Å². The average Bonchev–Trinajstić information content (AvgIpc) is 1.86. The molecule has 26 nitrogen and oxygen atoms in total. The largest absolute Gasteiger partial charge is 0.394 e. The molecule has 6 atom stereocenters. The molecule has 0 bridgehead atoms. The van der Waals surface area contributed by atoms with Crippen LogP contribution in [-0.4, -0.2) is 153 Å². The summed E-state index contributed by atoms with van der Waals surface area (Å²) in [7, 11) is 0. The third-order valence-corrected chi connectivity index (χ3v) is 17.2. The number of benzene rings is 1. The van der Waals surface area contributed by atoms with Crippen LogP contribution >= 0.6 is 11.8 Å². The molecule has 0 fully saturated rings. The Morgan fingerprint density at radius 3 is 1.41 bits per heavy atom. The number of thioether (sulfide) groups is 1. The molecule has 7 amide bonds. The number of nitrogens with two attached hydrogens (primary N) is 5. The lowest BCUT2D eigenvalue weighted by Gasteiger charge is -2.27. The van der Waals surface area contributed by atoms with Crippen molar-refractivity contribution in [1.29, 1.82) is 0 Å². The van der Waals surface area contributed by atoms with Gasteiger partial charge >= 0.3 is 5.69 Å². The number of aliphatic hydroxyl groups excluding tert-OH is 1. The lowest BCUT2D eigenvalue weighted by atomic mass is 10.0. The fourth-order valence-electron chi connectivity index (χ4n) is 10.5. The summed E-state index contributed by atoms with van der Waals surface area (Å²) >= 11 is 1.48. The van der Waals surface area contributed by atoms with E-state index in [0.717, 1.165) is 44.3 Å². The summed E-state index contributed by atoms with van der Waals surface area (Å²) in [6, 6.07) is -0.357. The number of aliphatic hydroxyl groups is 1. The molecule has 3 rings (SSSR count). The van der Waals surface area contributed by atoms with E-state index < -0.39 is 84.0 Å². The molecule has 3 aromatic rings. The molecule has 20 N–H and O–H groups in total. The Bertz CT molecular complexity index is 2660. The van der Waals surface area contributed by atoms with Crippen molar-refractivity contribution in [2.45, 2.75) is 250 Å². The van der Waals surface area contributed by atoms with Gasteiger partial charge < -0.3 is 81.3 Å².